The van der Waals surface area contributed by atoms with Crippen molar-refractivity contribution in [2.45, 2.75) is 13.1 Å². The summed E-state index contributed by atoms with van der Waals surface area (Å²) < 4.78 is 9.91. The average Bonchev–Trinajstić information content (AvgIpc) is 2.91. The Bertz CT molecular complexity index is 520. The van der Waals surface area contributed by atoms with Crippen LogP contribution in [0.3, 0.4) is 0 Å². The fourth-order valence-corrected chi connectivity index (χ4v) is 1.76. The van der Waals surface area contributed by atoms with Crippen LogP contribution in [0.2, 0.25) is 0 Å². The normalized spacial score (nSPS) is 10.7. The van der Waals surface area contributed by atoms with E-state index in [1.165, 1.54) is 13.3 Å². The number of methoxy groups -OCH3 is 1. The third-order valence-electron chi connectivity index (χ3n) is 2.68. The first-order valence-corrected chi connectivity index (χ1v) is 5.93. The van der Waals surface area contributed by atoms with E-state index < -0.39 is 0 Å². The number of nitrogens with zero attached hydrogens (tertiary/aromatic N) is 2. The Balaban J connectivity index is 1.93. The van der Waals surface area contributed by atoms with E-state index in [1.807, 2.05) is 25.2 Å². The molecule has 2 heterocycles. The maximum absolute atomic E-state index is 11.3. The van der Waals surface area contributed by atoms with Gasteiger partial charge < -0.3 is 9.15 Å². The van der Waals surface area contributed by atoms with Gasteiger partial charge in [-0.25, -0.2) is 4.79 Å². The van der Waals surface area contributed by atoms with E-state index in [9.17, 15) is 4.79 Å². The molecular weight excluding hydrogens is 244 g/mol. The number of furan rings is 1. The molecule has 19 heavy (non-hydrogen) atoms. The van der Waals surface area contributed by atoms with E-state index in [1.54, 1.807) is 12.3 Å². The number of carbonyl (C=O) groups is 1. The Morgan fingerprint density at radius 3 is 2.79 bits per heavy atom. The molecule has 0 atom stereocenters. The predicted molar refractivity (Wildman–Crippen MR) is 69.5 cm³/mol. The lowest BCUT2D eigenvalue weighted by molar-refractivity contribution is 0.0600. The molecule has 0 aliphatic rings. The van der Waals surface area contributed by atoms with Crippen LogP contribution in [0.4, 0.5) is 0 Å². The van der Waals surface area contributed by atoms with E-state index in [-0.39, 0.29) is 5.97 Å². The fourth-order valence-electron chi connectivity index (χ4n) is 1.76. The van der Waals surface area contributed by atoms with Crippen LogP contribution in [0.1, 0.15) is 21.8 Å². The molecule has 2 aromatic rings. The third kappa shape index (κ3) is 3.66. The molecule has 2 rings (SSSR count). The Labute approximate surface area is 111 Å². The van der Waals surface area contributed by atoms with Crippen molar-refractivity contribution in [1.29, 1.82) is 0 Å². The van der Waals surface area contributed by atoms with Gasteiger partial charge in [-0.05, 0) is 31.3 Å². The highest BCUT2D eigenvalue weighted by Crippen LogP contribution is 2.08. The van der Waals surface area contributed by atoms with E-state index in [2.05, 4.69) is 14.6 Å². The largest absolute Gasteiger partial charge is 0.468 e. The van der Waals surface area contributed by atoms with Gasteiger partial charge in [0.1, 0.15) is 5.76 Å². The number of aromatic nitrogens is 1. The van der Waals surface area contributed by atoms with Crippen molar-refractivity contribution in [3.8, 4) is 0 Å². The Kier molecular flexibility index (Phi) is 4.30. The summed E-state index contributed by atoms with van der Waals surface area (Å²) in [6.07, 6.45) is 3.19. The molecule has 0 spiro atoms. The molecule has 0 saturated heterocycles. The van der Waals surface area contributed by atoms with Crippen molar-refractivity contribution in [3.63, 3.8) is 0 Å². The van der Waals surface area contributed by atoms with Crippen molar-refractivity contribution >= 4 is 5.97 Å². The average molecular weight is 260 g/mol. The SMILES string of the molecule is COC(=O)c1ccc(CN(C)Cc2ccco2)nc1. The van der Waals surface area contributed by atoms with Gasteiger partial charge in [0.2, 0.25) is 0 Å². The summed E-state index contributed by atoms with van der Waals surface area (Å²) in [4.78, 5) is 17.6. The molecule has 0 aromatic carbocycles. The van der Waals surface area contributed by atoms with E-state index in [4.69, 9.17) is 4.42 Å². The number of carbonyl (C=O) groups excluding carboxylic acids is 1. The van der Waals surface area contributed by atoms with Crippen LogP contribution in [0.25, 0.3) is 0 Å². The Morgan fingerprint density at radius 2 is 2.21 bits per heavy atom. The molecule has 0 radical (unpaired) electrons. The lowest BCUT2D eigenvalue weighted by Crippen LogP contribution is -2.17. The van der Waals surface area contributed by atoms with Gasteiger partial charge in [0.15, 0.2) is 0 Å². The van der Waals surface area contributed by atoms with E-state index in [0.29, 0.717) is 18.7 Å². The summed E-state index contributed by atoms with van der Waals surface area (Å²) in [5, 5.41) is 0. The summed E-state index contributed by atoms with van der Waals surface area (Å²) in [5.41, 5.74) is 1.35. The minimum atomic E-state index is -0.372. The van der Waals surface area contributed by atoms with Gasteiger partial charge in [-0.3, -0.25) is 9.88 Å². The standard InChI is InChI=1S/C14H16N2O3/c1-16(10-13-4-3-7-19-13)9-12-6-5-11(8-15-12)14(17)18-2/h3-8H,9-10H2,1-2H3. The van der Waals surface area contributed by atoms with Crippen LogP contribution in [0.15, 0.2) is 41.1 Å². The second-order valence-corrected chi connectivity index (χ2v) is 4.28. The maximum Gasteiger partial charge on any atom is 0.339 e. The summed E-state index contributed by atoms with van der Waals surface area (Å²) in [7, 11) is 3.34. The highest BCUT2D eigenvalue weighted by atomic mass is 16.5. The first-order chi connectivity index (χ1) is 9.19. The Hall–Kier alpha value is -2.14. The van der Waals surface area contributed by atoms with Crippen LogP contribution in [0, 0.1) is 0 Å². The zero-order chi connectivity index (χ0) is 13.7. The molecule has 0 fully saturated rings. The third-order valence-corrected chi connectivity index (χ3v) is 2.68. The molecule has 0 saturated carbocycles. The van der Waals surface area contributed by atoms with Gasteiger partial charge in [0.25, 0.3) is 0 Å². The smallest absolute Gasteiger partial charge is 0.339 e. The van der Waals surface area contributed by atoms with Gasteiger partial charge >= 0.3 is 5.97 Å². The van der Waals surface area contributed by atoms with Crippen LogP contribution in [-0.4, -0.2) is 30.0 Å². The molecule has 0 aliphatic heterocycles. The number of rotatable bonds is 5. The van der Waals surface area contributed by atoms with E-state index >= 15 is 0 Å². The summed E-state index contributed by atoms with van der Waals surface area (Å²) in [6.45, 7) is 1.40. The number of pyridine rings is 1. The second kappa shape index (κ2) is 6.15. The highest BCUT2D eigenvalue weighted by molar-refractivity contribution is 5.88. The monoisotopic (exact) mass is 260 g/mol. The fraction of sp³-hybridized carbons (Fsp3) is 0.286. The summed E-state index contributed by atoms with van der Waals surface area (Å²) in [5.74, 6) is 0.539. The minimum Gasteiger partial charge on any atom is -0.468 e. The number of ether oxygens (including phenoxy) is 1. The van der Waals surface area contributed by atoms with Crippen LogP contribution < -0.4 is 0 Å². The summed E-state index contributed by atoms with van der Waals surface area (Å²) in [6, 6.07) is 7.34. The van der Waals surface area contributed by atoms with Gasteiger partial charge in [-0.1, -0.05) is 0 Å². The molecule has 0 aliphatic carbocycles. The van der Waals surface area contributed by atoms with Crippen LogP contribution >= 0.6 is 0 Å². The van der Waals surface area contributed by atoms with Gasteiger partial charge in [0.05, 0.1) is 31.2 Å². The first-order valence-electron chi connectivity index (χ1n) is 5.93. The van der Waals surface area contributed by atoms with Crippen LogP contribution in [-0.2, 0) is 17.8 Å². The molecule has 2 aromatic heterocycles. The zero-order valence-electron chi connectivity index (χ0n) is 11.0. The highest BCUT2D eigenvalue weighted by Gasteiger charge is 2.07. The number of hydrogen-bond donors (Lipinski definition) is 0. The second-order valence-electron chi connectivity index (χ2n) is 4.28. The molecule has 5 nitrogen and oxygen atoms in total. The maximum atomic E-state index is 11.3. The molecule has 0 amide bonds. The Morgan fingerprint density at radius 1 is 1.37 bits per heavy atom. The van der Waals surface area contributed by atoms with Crippen molar-refractivity contribution in [2.75, 3.05) is 14.2 Å². The summed E-state index contributed by atoms with van der Waals surface area (Å²) >= 11 is 0. The van der Waals surface area contributed by atoms with Crippen LogP contribution in [0.5, 0.6) is 0 Å². The molecule has 0 bridgehead atoms. The number of esters is 1. The first kappa shape index (κ1) is 13.3. The van der Waals surface area contributed by atoms with Crippen molar-refractivity contribution in [1.82, 2.24) is 9.88 Å². The molecule has 0 unspecified atom stereocenters. The topological polar surface area (TPSA) is 55.6 Å². The minimum absolute atomic E-state index is 0.372. The quantitative estimate of drug-likeness (QED) is 0.770. The van der Waals surface area contributed by atoms with Crippen molar-refractivity contribution < 1.29 is 13.9 Å². The predicted octanol–water partition coefficient (Wildman–Crippen LogP) is 2.09. The zero-order valence-corrected chi connectivity index (χ0v) is 11.0. The molecule has 0 N–H and O–H groups in total. The van der Waals surface area contributed by atoms with Gasteiger partial charge in [0, 0.05) is 12.7 Å². The molecular formula is C14H16N2O3. The van der Waals surface area contributed by atoms with Gasteiger partial charge in [-0.15, -0.1) is 0 Å². The van der Waals surface area contributed by atoms with E-state index in [0.717, 1.165) is 11.5 Å². The lowest BCUT2D eigenvalue weighted by atomic mass is 10.2. The lowest BCUT2D eigenvalue weighted by Gasteiger charge is -2.14. The van der Waals surface area contributed by atoms with Gasteiger partial charge in [-0.2, -0.15) is 0 Å². The number of hydrogen-bond acceptors (Lipinski definition) is 5. The molecule has 5 heteroatoms. The molecule has 100 valence electrons. The van der Waals surface area contributed by atoms with Crippen molar-refractivity contribution in [2.24, 2.45) is 0 Å². The van der Waals surface area contributed by atoms with Crippen molar-refractivity contribution in [3.05, 3.63) is 53.7 Å².